The number of rotatable bonds is 6. The maximum absolute atomic E-state index is 9.24. The van der Waals surface area contributed by atoms with Gasteiger partial charge in [0.25, 0.3) is 0 Å². The van der Waals surface area contributed by atoms with Crippen LogP contribution in [0, 0.1) is 6.92 Å². The van der Waals surface area contributed by atoms with Crippen LogP contribution in [-0.2, 0) is 6.54 Å². The summed E-state index contributed by atoms with van der Waals surface area (Å²) >= 11 is 0. The van der Waals surface area contributed by atoms with E-state index in [-0.39, 0.29) is 6.10 Å². The zero-order chi connectivity index (χ0) is 14.4. The van der Waals surface area contributed by atoms with E-state index in [0.717, 1.165) is 49.9 Å². The van der Waals surface area contributed by atoms with Gasteiger partial charge in [0.05, 0.1) is 11.8 Å². The highest BCUT2D eigenvalue weighted by molar-refractivity contribution is 5.32. The summed E-state index contributed by atoms with van der Waals surface area (Å²) in [5.74, 6) is 0.872. The number of aliphatic hydroxyl groups is 1. The zero-order valence-electron chi connectivity index (χ0n) is 12.6. The monoisotopic (exact) mass is 278 g/mol. The van der Waals surface area contributed by atoms with Gasteiger partial charge in [0, 0.05) is 25.3 Å². The van der Waals surface area contributed by atoms with Crippen LogP contribution in [0.1, 0.15) is 44.0 Å². The predicted molar refractivity (Wildman–Crippen MR) is 80.8 cm³/mol. The molecule has 2 rings (SSSR count). The molecule has 1 atom stereocenters. The molecule has 20 heavy (non-hydrogen) atoms. The molecule has 1 aromatic rings. The summed E-state index contributed by atoms with van der Waals surface area (Å²) in [5, 5.41) is 12.6. The molecule has 0 amide bonds. The summed E-state index contributed by atoms with van der Waals surface area (Å²) in [7, 11) is 0. The number of nitrogens with zero attached hydrogens (tertiary/aromatic N) is 3. The van der Waals surface area contributed by atoms with E-state index in [1.807, 2.05) is 19.9 Å². The smallest absolute Gasteiger partial charge is 0.225 e. The summed E-state index contributed by atoms with van der Waals surface area (Å²) in [5.41, 5.74) is 2.05. The van der Waals surface area contributed by atoms with E-state index < -0.39 is 0 Å². The number of aromatic nitrogens is 2. The van der Waals surface area contributed by atoms with E-state index in [9.17, 15) is 5.11 Å². The number of hydrogen-bond donors (Lipinski definition) is 2. The average molecular weight is 278 g/mol. The molecule has 0 aromatic carbocycles. The minimum atomic E-state index is -0.251. The van der Waals surface area contributed by atoms with Gasteiger partial charge in [-0.25, -0.2) is 9.97 Å². The Kier molecular flexibility index (Phi) is 5.73. The first kappa shape index (κ1) is 15.2. The van der Waals surface area contributed by atoms with Gasteiger partial charge in [-0.3, -0.25) is 0 Å². The SMILES string of the molecule is Cc1cc(CNCCC(C)O)nc(N2CCCCC2)n1. The van der Waals surface area contributed by atoms with Gasteiger partial charge in [-0.05, 0) is 52.1 Å². The summed E-state index contributed by atoms with van der Waals surface area (Å²) in [6, 6.07) is 2.03. The van der Waals surface area contributed by atoms with E-state index in [2.05, 4.69) is 20.2 Å². The van der Waals surface area contributed by atoms with Crippen LogP contribution in [0.25, 0.3) is 0 Å². The molecule has 1 aliphatic heterocycles. The normalized spacial score (nSPS) is 17.2. The molecule has 0 aliphatic carbocycles. The second-order valence-electron chi connectivity index (χ2n) is 5.66. The molecule has 0 radical (unpaired) electrons. The van der Waals surface area contributed by atoms with Crippen LogP contribution in [-0.4, -0.2) is 40.8 Å². The van der Waals surface area contributed by atoms with Crippen molar-refractivity contribution in [2.24, 2.45) is 0 Å². The standard InChI is InChI=1S/C15H26N4O/c1-12-10-14(11-16-7-6-13(2)20)18-15(17-12)19-8-4-3-5-9-19/h10,13,16,20H,3-9,11H2,1-2H3. The lowest BCUT2D eigenvalue weighted by Crippen LogP contribution is -2.31. The largest absolute Gasteiger partial charge is 0.393 e. The maximum Gasteiger partial charge on any atom is 0.225 e. The Hall–Kier alpha value is -1.20. The molecule has 5 heteroatoms. The summed E-state index contributed by atoms with van der Waals surface area (Å²) in [4.78, 5) is 11.5. The Balaban J connectivity index is 1.93. The number of anilines is 1. The van der Waals surface area contributed by atoms with Crippen molar-refractivity contribution in [3.63, 3.8) is 0 Å². The van der Waals surface area contributed by atoms with Gasteiger partial charge in [-0.1, -0.05) is 0 Å². The van der Waals surface area contributed by atoms with Gasteiger partial charge in [-0.2, -0.15) is 0 Å². The molecule has 1 fully saturated rings. The number of aliphatic hydroxyl groups excluding tert-OH is 1. The number of aryl methyl sites for hydroxylation is 1. The molecule has 2 heterocycles. The molecule has 2 N–H and O–H groups in total. The van der Waals surface area contributed by atoms with E-state index in [0.29, 0.717) is 0 Å². The summed E-state index contributed by atoms with van der Waals surface area (Å²) in [6.07, 6.45) is 4.30. The Labute approximate surface area is 121 Å². The van der Waals surface area contributed by atoms with Crippen molar-refractivity contribution < 1.29 is 5.11 Å². The van der Waals surface area contributed by atoms with Crippen LogP contribution in [0.15, 0.2) is 6.07 Å². The third-order valence-electron chi connectivity index (χ3n) is 3.58. The first-order valence-corrected chi connectivity index (χ1v) is 7.63. The highest BCUT2D eigenvalue weighted by atomic mass is 16.3. The van der Waals surface area contributed by atoms with Crippen molar-refractivity contribution >= 4 is 5.95 Å². The first-order valence-electron chi connectivity index (χ1n) is 7.63. The van der Waals surface area contributed by atoms with Crippen LogP contribution < -0.4 is 10.2 Å². The number of piperidine rings is 1. The molecule has 1 aromatic heterocycles. The van der Waals surface area contributed by atoms with Crippen LogP contribution in [0.5, 0.6) is 0 Å². The maximum atomic E-state index is 9.24. The minimum Gasteiger partial charge on any atom is -0.393 e. The Bertz CT molecular complexity index is 416. The van der Waals surface area contributed by atoms with Crippen LogP contribution in [0.4, 0.5) is 5.95 Å². The first-order chi connectivity index (χ1) is 9.65. The van der Waals surface area contributed by atoms with Crippen LogP contribution in [0.3, 0.4) is 0 Å². The molecule has 0 bridgehead atoms. The van der Waals surface area contributed by atoms with Crippen LogP contribution in [0.2, 0.25) is 0 Å². The van der Waals surface area contributed by atoms with Crippen molar-refractivity contribution in [3.05, 3.63) is 17.5 Å². The number of nitrogens with one attached hydrogen (secondary N) is 1. The molecule has 0 spiro atoms. The average Bonchev–Trinajstić information content (AvgIpc) is 2.44. The predicted octanol–water partition coefficient (Wildman–Crippen LogP) is 1.64. The van der Waals surface area contributed by atoms with Crippen molar-refractivity contribution in [1.29, 1.82) is 0 Å². The second kappa shape index (κ2) is 7.55. The van der Waals surface area contributed by atoms with E-state index in [1.165, 1.54) is 19.3 Å². The highest BCUT2D eigenvalue weighted by Crippen LogP contribution is 2.16. The van der Waals surface area contributed by atoms with Crippen molar-refractivity contribution in [2.75, 3.05) is 24.5 Å². The molecular formula is C15H26N4O. The lowest BCUT2D eigenvalue weighted by Gasteiger charge is -2.27. The number of hydrogen-bond acceptors (Lipinski definition) is 5. The quantitative estimate of drug-likeness (QED) is 0.775. The minimum absolute atomic E-state index is 0.251. The summed E-state index contributed by atoms with van der Waals surface area (Å²) in [6.45, 7) is 7.51. The lowest BCUT2D eigenvalue weighted by molar-refractivity contribution is 0.183. The van der Waals surface area contributed by atoms with E-state index in [4.69, 9.17) is 0 Å². The van der Waals surface area contributed by atoms with Gasteiger partial charge in [0.2, 0.25) is 5.95 Å². The molecule has 112 valence electrons. The zero-order valence-corrected chi connectivity index (χ0v) is 12.6. The van der Waals surface area contributed by atoms with E-state index in [1.54, 1.807) is 0 Å². The Morgan fingerprint density at radius 2 is 2.05 bits per heavy atom. The molecule has 1 unspecified atom stereocenters. The van der Waals surface area contributed by atoms with Crippen molar-refractivity contribution in [3.8, 4) is 0 Å². The Morgan fingerprint density at radius 3 is 2.75 bits per heavy atom. The topological polar surface area (TPSA) is 61.3 Å². The molecule has 0 saturated carbocycles. The third kappa shape index (κ3) is 4.72. The van der Waals surface area contributed by atoms with Crippen molar-refractivity contribution in [2.45, 2.75) is 52.2 Å². The fraction of sp³-hybridized carbons (Fsp3) is 0.733. The van der Waals surface area contributed by atoms with Gasteiger partial charge in [0.15, 0.2) is 0 Å². The van der Waals surface area contributed by atoms with Crippen molar-refractivity contribution in [1.82, 2.24) is 15.3 Å². The fourth-order valence-corrected chi connectivity index (χ4v) is 2.47. The second-order valence-corrected chi connectivity index (χ2v) is 5.66. The van der Waals surface area contributed by atoms with Crippen LogP contribution >= 0.6 is 0 Å². The fourth-order valence-electron chi connectivity index (χ4n) is 2.47. The molecular weight excluding hydrogens is 252 g/mol. The third-order valence-corrected chi connectivity index (χ3v) is 3.58. The van der Waals surface area contributed by atoms with Gasteiger partial charge < -0.3 is 15.3 Å². The summed E-state index contributed by atoms with van der Waals surface area (Å²) < 4.78 is 0. The lowest BCUT2D eigenvalue weighted by atomic mass is 10.1. The van der Waals surface area contributed by atoms with Gasteiger partial charge >= 0.3 is 0 Å². The molecule has 1 aliphatic rings. The van der Waals surface area contributed by atoms with E-state index >= 15 is 0 Å². The highest BCUT2D eigenvalue weighted by Gasteiger charge is 2.14. The molecule has 5 nitrogen and oxygen atoms in total. The van der Waals surface area contributed by atoms with Gasteiger partial charge in [-0.15, -0.1) is 0 Å². The Morgan fingerprint density at radius 1 is 1.30 bits per heavy atom. The molecule has 1 saturated heterocycles. The van der Waals surface area contributed by atoms with Gasteiger partial charge in [0.1, 0.15) is 0 Å².